The zero-order valence-corrected chi connectivity index (χ0v) is 10.8. The van der Waals surface area contributed by atoms with Crippen molar-refractivity contribution in [2.75, 3.05) is 5.73 Å². The quantitative estimate of drug-likeness (QED) is 0.634. The van der Waals surface area contributed by atoms with Crippen molar-refractivity contribution in [2.45, 2.75) is 12.5 Å². The monoisotopic (exact) mass is 321 g/mol. The highest BCUT2D eigenvalue weighted by molar-refractivity contribution is 5.68. The van der Waals surface area contributed by atoms with Gasteiger partial charge in [0.1, 0.15) is 5.75 Å². The fraction of sp³-hybridized carbons (Fsp3) is 0.143. The minimum atomic E-state index is -4.83. The van der Waals surface area contributed by atoms with Gasteiger partial charge in [0.05, 0.1) is 5.56 Å². The van der Waals surface area contributed by atoms with Crippen LogP contribution in [0.1, 0.15) is 5.56 Å². The van der Waals surface area contributed by atoms with Crippen molar-refractivity contribution in [1.29, 1.82) is 0 Å². The first-order chi connectivity index (χ1) is 10.1. The van der Waals surface area contributed by atoms with Gasteiger partial charge < -0.3 is 10.5 Å². The van der Waals surface area contributed by atoms with Crippen LogP contribution in [0, 0.1) is 0 Å². The molecule has 2 N–H and O–H groups in total. The number of anilines is 1. The van der Waals surface area contributed by atoms with Crippen molar-refractivity contribution in [3.63, 3.8) is 0 Å². The Bertz CT molecular complexity index is 661. The minimum Gasteiger partial charge on any atom is -0.406 e. The molecule has 0 aliphatic rings. The predicted molar refractivity (Wildman–Crippen MR) is 68.0 cm³/mol. The first-order valence-corrected chi connectivity index (χ1v) is 5.89. The Morgan fingerprint density at radius 2 is 1.32 bits per heavy atom. The van der Waals surface area contributed by atoms with Gasteiger partial charge in [0.25, 0.3) is 0 Å². The van der Waals surface area contributed by atoms with Crippen molar-refractivity contribution in [2.24, 2.45) is 0 Å². The van der Waals surface area contributed by atoms with Crippen LogP contribution in [0.3, 0.4) is 0 Å². The van der Waals surface area contributed by atoms with Crippen LogP contribution < -0.4 is 10.5 Å². The van der Waals surface area contributed by atoms with Crippen LogP contribution in [0.4, 0.5) is 32.0 Å². The van der Waals surface area contributed by atoms with Gasteiger partial charge in [-0.15, -0.1) is 13.2 Å². The fourth-order valence-electron chi connectivity index (χ4n) is 1.83. The summed E-state index contributed by atoms with van der Waals surface area (Å²) in [6.07, 6.45) is -9.44. The third kappa shape index (κ3) is 3.84. The summed E-state index contributed by atoms with van der Waals surface area (Å²) in [5.41, 5.74) is 4.35. The van der Waals surface area contributed by atoms with Crippen molar-refractivity contribution in [3.05, 3.63) is 48.0 Å². The van der Waals surface area contributed by atoms with Crippen LogP contribution >= 0.6 is 0 Å². The van der Waals surface area contributed by atoms with Crippen molar-refractivity contribution in [3.8, 4) is 16.9 Å². The van der Waals surface area contributed by atoms with E-state index in [1.54, 1.807) is 0 Å². The molecule has 2 aromatic rings. The van der Waals surface area contributed by atoms with Gasteiger partial charge >= 0.3 is 12.5 Å². The highest BCUT2D eigenvalue weighted by Crippen LogP contribution is 2.36. The summed E-state index contributed by atoms with van der Waals surface area (Å²) >= 11 is 0. The van der Waals surface area contributed by atoms with Gasteiger partial charge in [-0.1, -0.05) is 18.2 Å². The largest absolute Gasteiger partial charge is 0.573 e. The van der Waals surface area contributed by atoms with Crippen LogP contribution in [0.5, 0.6) is 5.75 Å². The summed E-state index contributed by atoms with van der Waals surface area (Å²) in [6, 6.07) is 7.79. The molecule has 2 rings (SSSR count). The van der Waals surface area contributed by atoms with Gasteiger partial charge in [-0.25, -0.2) is 0 Å². The fourth-order valence-corrected chi connectivity index (χ4v) is 1.83. The number of hydrogen-bond acceptors (Lipinski definition) is 2. The molecule has 118 valence electrons. The van der Waals surface area contributed by atoms with Crippen LogP contribution in [-0.2, 0) is 6.18 Å². The molecule has 0 fully saturated rings. The Kier molecular flexibility index (Phi) is 3.95. The second kappa shape index (κ2) is 5.43. The highest BCUT2D eigenvalue weighted by atomic mass is 19.4. The molecule has 0 atom stereocenters. The van der Waals surface area contributed by atoms with E-state index in [0.717, 1.165) is 24.3 Å². The molecule has 8 heteroatoms. The van der Waals surface area contributed by atoms with Crippen molar-refractivity contribution in [1.82, 2.24) is 0 Å². The third-order valence-corrected chi connectivity index (χ3v) is 2.78. The second-order valence-electron chi connectivity index (χ2n) is 4.37. The van der Waals surface area contributed by atoms with E-state index in [9.17, 15) is 26.3 Å². The van der Waals surface area contributed by atoms with E-state index in [2.05, 4.69) is 4.74 Å². The van der Waals surface area contributed by atoms with E-state index < -0.39 is 29.5 Å². The lowest BCUT2D eigenvalue weighted by atomic mass is 10.0. The summed E-state index contributed by atoms with van der Waals surface area (Å²) in [4.78, 5) is 0. The van der Waals surface area contributed by atoms with Crippen LogP contribution in [0.2, 0.25) is 0 Å². The van der Waals surface area contributed by atoms with E-state index >= 15 is 0 Å². The van der Waals surface area contributed by atoms with Crippen LogP contribution in [0.15, 0.2) is 42.5 Å². The molecule has 0 radical (unpaired) electrons. The number of rotatable bonds is 2. The summed E-state index contributed by atoms with van der Waals surface area (Å²) in [7, 11) is 0. The molecule has 2 nitrogen and oxygen atoms in total. The number of alkyl halides is 6. The van der Waals surface area contributed by atoms with Crippen molar-refractivity contribution < 1.29 is 31.1 Å². The molecule has 0 aliphatic carbocycles. The molecule has 0 saturated heterocycles. The first kappa shape index (κ1) is 16.0. The Morgan fingerprint density at radius 1 is 0.773 bits per heavy atom. The van der Waals surface area contributed by atoms with Crippen LogP contribution in [0.25, 0.3) is 11.1 Å². The zero-order valence-electron chi connectivity index (χ0n) is 10.8. The molecule has 22 heavy (non-hydrogen) atoms. The molecule has 0 heterocycles. The Balaban J connectivity index is 2.33. The standard InChI is InChI=1S/C14H9F6NO/c15-13(16,17)11-7-9(3-6-12(11)21)8-1-4-10(5-2-8)22-14(18,19)20/h1-7H,21H2. The van der Waals surface area contributed by atoms with E-state index in [0.29, 0.717) is 5.56 Å². The maximum absolute atomic E-state index is 12.8. The lowest BCUT2D eigenvalue weighted by Gasteiger charge is -2.13. The summed E-state index contributed by atoms with van der Waals surface area (Å²) in [5.74, 6) is -0.456. The molecule has 0 unspecified atom stereocenters. The Hall–Kier alpha value is -2.38. The molecule has 0 aromatic heterocycles. The average Bonchev–Trinajstić information content (AvgIpc) is 2.37. The molecule has 0 amide bonds. The normalized spacial score (nSPS) is 12.3. The van der Waals surface area contributed by atoms with Gasteiger partial charge in [-0.05, 0) is 35.4 Å². The molecule has 0 saturated carbocycles. The van der Waals surface area contributed by atoms with Gasteiger partial charge in [0, 0.05) is 5.69 Å². The number of halogens is 6. The lowest BCUT2D eigenvalue weighted by molar-refractivity contribution is -0.274. The van der Waals surface area contributed by atoms with Crippen molar-refractivity contribution >= 4 is 5.69 Å². The maximum atomic E-state index is 12.8. The minimum absolute atomic E-state index is 0.181. The van der Waals surface area contributed by atoms with Crippen LogP contribution in [-0.4, -0.2) is 6.36 Å². The smallest absolute Gasteiger partial charge is 0.406 e. The average molecular weight is 321 g/mol. The number of nitrogen functional groups attached to an aromatic ring is 1. The number of benzene rings is 2. The van der Waals surface area contributed by atoms with Gasteiger partial charge in [-0.3, -0.25) is 0 Å². The Labute approximate surface area is 121 Å². The molecule has 0 bridgehead atoms. The molecule has 0 spiro atoms. The summed E-state index contributed by atoms with van der Waals surface area (Å²) < 4.78 is 78.1. The van der Waals surface area contributed by atoms with E-state index in [4.69, 9.17) is 5.73 Å². The van der Waals surface area contributed by atoms with Gasteiger partial charge in [-0.2, -0.15) is 13.2 Å². The number of ether oxygens (including phenoxy) is 1. The Morgan fingerprint density at radius 3 is 1.82 bits per heavy atom. The van der Waals surface area contributed by atoms with E-state index in [-0.39, 0.29) is 5.56 Å². The maximum Gasteiger partial charge on any atom is 0.573 e. The van der Waals surface area contributed by atoms with Gasteiger partial charge in [0.2, 0.25) is 0 Å². The predicted octanol–water partition coefficient (Wildman–Crippen LogP) is 4.85. The third-order valence-electron chi connectivity index (χ3n) is 2.78. The SMILES string of the molecule is Nc1ccc(-c2ccc(OC(F)(F)F)cc2)cc1C(F)(F)F. The van der Waals surface area contributed by atoms with Gasteiger partial charge in [0.15, 0.2) is 0 Å². The van der Waals surface area contributed by atoms with E-state index in [1.807, 2.05) is 0 Å². The molecule has 0 aliphatic heterocycles. The molecule has 2 aromatic carbocycles. The topological polar surface area (TPSA) is 35.2 Å². The second-order valence-corrected chi connectivity index (χ2v) is 4.37. The zero-order chi connectivity index (χ0) is 16.5. The number of nitrogens with two attached hydrogens (primary N) is 1. The summed E-state index contributed by atoms with van der Waals surface area (Å²) in [6.45, 7) is 0. The molecular formula is C14H9F6NO. The lowest BCUT2D eigenvalue weighted by Crippen LogP contribution is -2.16. The summed E-state index contributed by atoms with van der Waals surface area (Å²) in [5, 5.41) is 0. The van der Waals surface area contributed by atoms with E-state index in [1.165, 1.54) is 18.2 Å². The first-order valence-electron chi connectivity index (χ1n) is 5.89. The number of hydrogen-bond donors (Lipinski definition) is 1. The molecular weight excluding hydrogens is 312 g/mol. The highest BCUT2D eigenvalue weighted by Gasteiger charge is 2.33.